The van der Waals surface area contributed by atoms with Gasteiger partial charge >= 0.3 is 6.03 Å². The molecule has 2 amide bonds. The number of carbonyl (C=O) groups excluding carboxylic acids is 1. The molecule has 28 heavy (non-hydrogen) atoms. The van der Waals surface area contributed by atoms with E-state index in [1.54, 1.807) is 13.3 Å². The van der Waals surface area contributed by atoms with Gasteiger partial charge in [-0.25, -0.2) is 4.79 Å². The van der Waals surface area contributed by atoms with Crippen molar-refractivity contribution in [2.45, 2.75) is 0 Å². The minimum Gasteiger partial charge on any atom is -0.497 e. The SMILES string of the molecule is COc1cccc(NC(=O)N2CCN(c3ccnc4cc(Cl)ccc34)CC2)c1. The number of aromatic nitrogens is 1. The lowest BCUT2D eigenvalue weighted by atomic mass is 10.1. The monoisotopic (exact) mass is 396 g/mol. The molecule has 1 fully saturated rings. The average Bonchev–Trinajstić information content (AvgIpc) is 2.73. The van der Waals surface area contributed by atoms with Gasteiger partial charge in [-0.3, -0.25) is 4.98 Å². The van der Waals surface area contributed by atoms with Gasteiger partial charge in [-0.2, -0.15) is 0 Å². The zero-order chi connectivity index (χ0) is 19.5. The van der Waals surface area contributed by atoms with E-state index >= 15 is 0 Å². The van der Waals surface area contributed by atoms with Crippen LogP contribution in [-0.4, -0.2) is 49.2 Å². The Hall–Kier alpha value is -2.99. The molecular weight excluding hydrogens is 376 g/mol. The van der Waals surface area contributed by atoms with E-state index in [0.717, 1.165) is 35.4 Å². The Labute approximate surface area is 168 Å². The number of hydrogen-bond donors (Lipinski definition) is 1. The molecule has 0 unspecified atom stereocenters. The second-order valence-electron chi connectivity index (χ2n) is 6.63. The summed E-state index contributed by atoms with van der Waals surface area (Å²) in [5.41, 5.74) is 2.72. The van der Waals surface area contributed by atoms with Gasteiger partial charge in [0.2, 0.25) is 0 Å². The predicted molar refractivity (Wildman–Crippen MR) is 113 cm³/mol. The van der Waals surface area contributed by atoms with Gasteiger partial charge in [-0.15, -0.1) is 0 Å². The summed E-state index contributed by atoms with van der Waals surface area (Å²) in [4.78, 5) is 21.1. The molecule has 144 valence electrons. The number of nitrogens with one attached hydrogen (secondary N) is 1. The molecule has 2 aromatic carbocycles. The first-order valence-corrected chi connectivity index (χ1v) is 9.51. The molecule has 0 bridgehead atoms. The Morgan fingerprint density at radius 3 is 2.71 bits per heavy atom. The van der Waals surface area contributed by atoms with Crippen LogP contribution in [0.2, 0.25) is 5.02 Å². The predicted octanol–water partition coefficient (Wildman–Crippen LogP) is 4.25. The maximum Gasteiger partial charge on any atom is 0.321 e. The third kappa shape index (κ3) is 3.82. The molecule has 0 aliphatic carbocycles. The minimum atomic E-state index is -0.0979. The molecule has 2 heterocycles. The highest BCUT2D eigenvalue weighted by molar-refractivity contribution is 6.31. The summed E-state index contributed by atoms with van der Waals surface area (Å²) in [6.45, 7) is 2.81. The van der Waals surface area contributed by atoms with Crippen LogP contribution in [-0.2, 0) is 0 Å². The molecule has 0 spiro atoms. The third-order valence-corrected chi connectivity index (χ3v) is 5.15. The number of nitrogens with zero attached hydrogens (tertiary/aromatic N) is 3. The number of benzene rings is 2. The molecule has 1 aliphatic rings. The summed E-state index contributed by atoms with van der Waals surface area (Å²) < 4.78 is 5.20. The van der Waals surface area contributed by atoms with E-state index in [9.17, 15) is 4.79 Å². The number of methoxy groups -OCH3 is 1. The number of pyridine rings is 1. The van der Waals surface area contributed by atoms with Gasteiger partial charge in [0.05, 0.1) is 12.6 Å². The fourth-order valence-electron chi connectivity index (χ4n) is 3.44. The lowest BCUT2D eigenvalue weighted by Gasteiger charge is -2.36. The second-order valence-corrected chi connectivity index (χ2v) is 7.06. The molecule has 3 aromatic rings. The highest BCUT2D eigenvalue weighted by Crippen LogP contribution is 2.28. The van der Waals surface area contributed by atoms with Crippen LogP contribution in [0.4, 0.5) is 16.2 Å². The quantitative estimate of drug-likeness (QED) is 0.719. The highest BCUT2D eigenvalue weighted by Gasteiger charge is 2.22. The van der Waals surface area contributed by atoms with Crippen molar-refractivity contribution in [2.75, 3.05) is 43.5 Å². The maximum atomic E-state index is 12.6. The smallest absolute Gasteiger partial charge is 0.321 e. The number of anilines is 2. The summed E-state index contributed by atoms with van der Waals surface area (Å²) in [6, 6.07) is 15.0. The molecule has 0 saturated carbocycles. The molecule has 0 radical (unpaired) electrons. The van der Waals surface area contributed by atoms with Gasteiger partial charge in [-0.1, -0.05) is 17.7 Å². The van der Waals surface area contributed by atoms with E-state index in [-0.39, 0.29) is 6.03 Å². The number of ether oxygens (including phenoxy) is 1. The topological polar surface area (TPSA) is 57.7 Å². The van der Waals surface area contributed by atoms with E-state index in [1.165, 1.54) is 0 Å². The van der Waals surface area contributed by atoms with Crippen molar-refractivity contribution < 1.29 is 9.53 Å². The lowest BCUT2D eigenvalue weighted by molar-refractivity contribution is 0.208. The van der Waals surface area contributed by atoms with Crippen molar-refractivity contribution in [3.8, 4) is 5.75 Å². The van der Waals surface area contributed by atoms with E-state index in [2.05, 4.69) is 15.2 Å². The first-order chi connectivity index (χ1) is 13.6. The van der Waals surface area contributed by atoms with Crippen molar-refractivity contribution >= 4 is 39.9 Å². The van der Waals surface area contributed by atoms with Gasteiger partial charge in [0, 0.05) is 60.2 Å². The van der Waals surface area contributed by atoms with E-state index < -0.39 is 0 Å². The number of halogens is 1. The van der Waals surface area contributed by atoms with Gasteiger partial charge in [-0.05, 0) is 36.4 Å². The Morgan fingerprint density at radius 1 is 1.11 bits per heavy atom. The summed E-state index contributed by atoms with van der Waals surface area (Å²) in [5.74, 6) is 0.715. The number of piperazine rings is 1. The summed E-state index contributed by atoms with van der Waals surface area (Å²) in [5, 5.41) is 4.69. The van der Waals surface area contributed by atoms with Crippen molar-refractivity contribution in [2.24, 2.45) is 0 Å². The van der Waals surface area contributed by atoms with Crippen LogP contribution in [0.3, 0.4) is 0 Å². The first-order valence-electron chi connectivity index (χ1n) is 9.13. The molecule has 0 atom stereocenters. The third-order valence-electron chi connectivity index (χ3n) is 4.91. The van der Waals surface area contributed by atoms with Crippen LogP contribution < -0.4 is 15.0 Å². The normalized spacial score (nSPS) is 14.2. The number of amides is 2. The zero-order valence-corrected chi connectivity index (χ0v) is 16.3. The van der Waals surface area contributed by atoms with Crippen molar-refractivity contribution in [3.05, 3.63) is 59.8 Å². The van der Waals surface area contributed by atoms with Gasteiger partial charge in [0.15, 0.2) is 0 Å². The summed E-state index contributed by atoms with van der Waals surface area (Å²) in [6.07, 6.45) is 1.80. The first kappa shape index (κ1) is 18.4. The lowest BCUT2D eigenvalue weighted by Crippen LogP contribution is -2.50. The largest absolute Gasteiger partial charge is 0.497 e. The van der Waals surface area contributed by atoms with Crippen LogP contribution >= 0.6 is 11.6 Å². The molecular formula is C21H21ClN4O2. The summed E-state index contributed by atoms with van der Waals surface area (Å²) in [7, 11) is 1.61. The van der Waals surface area contributed by atoms with Crippen LogP contribution in [0.15, 0.2) is 54.7 Å². The Balaban J connectivity index is 1.42. The molecule has 4 rings (SSSR count). The molecule has 7 heteroatoms. The van der Waals surface area contributed by atoms with Crippen molar-refractivity contribution in [3.63, 3.8) is 0 Å². The van der Waals surface area contributed by atoms with Crippen LogP contribution in [0.5, 0.6) is 5.75 Å². The van der Waals surface area contributed by atoms with E-state index in [0.29, 0.717) is 23.9 Å². The molecule has 1 aliphatic heterocycles. The van der Waals surface area contributed by atoms with E-state index in [1.807, 2.05) is 53.4 Å². The van der Waals surface area contributed by atoms with Gasteiger partial charge in [0.25, 0.3) is 0 Å². The Morgan fingerprint density at radius 2 is 1.93 bits per heavy atom. The van der Waals surface area contributed by atoms with Crippen LogP contribution in [0.1, 0.15) is 0 Å². The molecule has 1 N–H and O–H groups in total. The standard InChI is InChI=1S/C21H21ClN4O2/c1-28-17-4-2-3-16(14-17)24-21(27)26-11-9-25(10-12-26)20-7-8-23-19-13-15(22)5-6-18(19)20/h2-8,13-14H,9-12H2,1H3,(H,24,27). The fraction of sp³-hybridized carbons (Fsp3) is 0.238. The molecule has 1 saturated heterocycles. The zero-order valence-electron chi connectivity index (χ0n) is 15.6. The molecule has 6 nitrogen and oxygen atoms in total. The van der Waals surface area contributed by atoms with Crippen molar-refractivity contribution in [1.29, 1.82) is 0 Å². The van der Waals surface area contributed by atoms with E-state index in [4.69, 9.17) is 16.3 Å². The number of urea groups is 1. The van der Waals surface area contributed by atoms with Gasteiger partial charge in [0.1, 0.15) is 5.75 Å². The average molecular weight is 397 g/mol. The minimum absolute atomic E-state index is 0.0979. The number of carbonyl (C=O) groups is 1. The van der Waals surface area contributed by atoms with Crippen LogP contribution in [0, 0.1) is 0 Å². The Kier molecular flexibility index (Phi) is 5.21. The van der Waals surface area contributed by atoms with Crippen molar-refractivity contribution in [1.82, 2.24) is 9.88 Å². The second kappa shape index (κ2) is 7.94. The highest BCUT2D eigenvalue weighted by atomic mass is 35.5. The Bertz CT molecular complexity index is 1000. The maximum absolute atomic E-state index is 12.6. The number of fused-ring (bicyclic) bond motifs is 1. The number of rotatable bonds is 3. The van der Waals surface area contributed by atoms with Crippen LogP contribution in [0.25, 0.3) is 10.9 Å². The molecule has 1 aromatic heterocycles. The summed E-state index contributed by atoms with van der Waals surface area (Å²) >= 11 is 6.08. The number of hydrogen-bond acceptors (Lipinski definition) is 4. The van der Waals surface area contributed by atoms with Gasteiger partial charge < -0.3 is 19.9 Å². The fourth-order valence-corrected chi connectivity index (χ4v) is 3.60.